The van der Waals surface area contributed by atoms with Gasteiger partial charge < -0.3 is 15.3 Å². The molecule has 1 rings (SSSR count). The van der Waals surface area contributed by atoms with Crippen LogP contribution in [-0.4, -0.2) is 41.1 Å². The number of hydrogen-bond acceptors (Lipinski definition) is 2. The molecule has 0 heterocycles. The summed E-state index contributed by atoms with van der Waals surface area (Å²) in [4.78, 5) is 25.3. The Balaban J connectivity index is 2.72. The van der Waals surface area contributed by atoms with Crippen LogP contribution in [0.5, 0.6) is 0 Å². The average Bonchev–Trinajstić information content (AvgIpc) is 2.54. The highest BCUT2D eigenvalue weighted by atomic mass is 16.4. The van der Waals surface area contributed by atoms with Crippen molar-refractivity contribution in [2.45, 2.75) is 57.9 Å². The molecule has 0 aliphatic heterocycles. The number of carboxylic acids is 1. The zero-order valence-electron chi connectivity index (χ0n) is 12.2. The van der Waals surface area contributed by atoms with Crippen LogP contribution in [0, 0.1) is 5.92 Å². The summed E-state index contributed by atoms with van der Waals surface area (Å²) in [5, 5.41) is 12.3. The molecule has 0 spiro atoms. The lowest BCUT2D eigenvalue weighted by Gasteiger charge is -2.32. The van der Waals surface area contributed by atoms with Gasteiger partial charge in [-0.2, -0.15) is 0 Å². The topological polar surface area (TPSA) is 69.6 Å². The molecule has 1 aliphatic carbocycles. The fourth-order valence-electron chi connectivity index (χ4n) is 2.66. The lowest BCUT2D eigenvalue weighted by atomic mass is 9.90. The predicted octanol–water partition coefficient (Wildman–Crippen LogP) is 2.46. The zero-order chi connectivity index (χ0) is 14.5. The molecular formula is C14H26N2O3. The molecule has 1 saturated carbocycles. The minimum Gasteiger partial charge on any atom is -0.480 e. The van der Waals surface area contributed by atoms with Gasteiger partial charge in [0.15, 0.2) is 0 Å². The summed E-state index contributed by atoms with van der Waals surface area (Å²) >= 11 is 0. The molecule has 0 aromatic heterocycles. The number of aliphatic carboxylic acids is 1. The van der Waals surface area contributed by atoms with E-state index in [0.29, 0.717) is 25.3 Å². The first-order chi connectivity index (χ1) is 8.87. The van der Waals surface area contributed by atoms with Gasteiger partial charge in [0.2, 0.25) is 0 Å². The number of amides is 2. The van der Waals surface area contributed by atoms with Crippen LogP contribution in [-0.2, 0) is 4.79 Å². The smallest absolute Gasteiger partial charge is 0.329 e. The van der Waals surface area contributed by atoms with E-state index in [1.807, 2.05) is 13.8 Å². The normalized spacial score (nSPS) is 18.7. The molecule has 1 fully saturated rings. The van der Waals surface area contributed by atoms with Crippen LogP contribution in [0.1, 0.15) is 52.4 Å². The van der Waals surface area contributed by atoms with Crippen molar-refractivity contribution < 1.29 is 14.7 Å². The summed E-state index contributed by atoms with van der Waals surface area (Å²) in [5.74, 6) is -0.536. The first-order valence-electron chi connectivity index (χ1n) is 7.14. The van der Waals surface area contributed by atoms with Crippen molar-refractivity contribution in [1.82, 2.24) is 10.2 Å². The second-order valence-corrected chi connectivity index (χ2v) is 6.01. The molecule has 110 valence electrons. The van der Waals surface area contributed by atoms with Gasteiger partial charge in [-0.3, -0.25) is 0 Å². The molecule has 2 N–H and O–H groups in total. The first-order valence-corrected chi connectivity index (χ1v) is 7.14. The van der Waals surface area contributed by atoms with Gasteiger partial charge in [-0.1, -0.05) is 39.5 Å². The molecule has 0 atom stereocenters. The third-order valence-electron chi connectivity index (χ3n) is 3.70. The van der Waals surface area contributed by atoms with E-state index in [1.54, 1.807) is 11.9 Å². The molecule has 0 aromatic carbocycles. The monoisotopic (exact) mass is 270 g/mol. The number of rotatable bonds is 4. The van der Waals surface area contributed by atoms with Gasteiger partial charge in [0.1, 0.15) is 5.54 Å². The van der Waals surface area contributed by atoms with Gasteiger partial charge >= 0.3 is 12.0 Å². The molecule has 1 aliphatic rings. The van der Waals surface area contributed by atoms with E-state index in [2.05, 4.69) is 5.32 Å². The minimum absolute atomic E-state index is 0.280. The van der Waals surface area contributed by atoms with Gasteiger partial charge in [-0.25, -0.2) is 9.59 Å². The SMILES string of the molecule is CC(C)CN(C)C(=O)NC1(C(=O)O)CCCCCC1. The van der Waals surface area contributed by atoms with Crippen LogP contribution >= 0.6 is 0 Å². The quantitative estimate of drug-likeness (QED) is 0.771. The fraction of sp³-hybridized carbons (Fsp3) is 0.857. The Labute approximate surface area is 115 Å². The molecular weight excluding hydrogens is 244 g/mol. The third-order valence-corrected chi connectivity index (χ3v) is 3.70. The molecule has 5 nitrogen and oxygen atoms in total. The number of carboxylic acid groups (broad SMARTS) is 1. The summed E-state index contributed by atoms with van der Waals surface area (Å²) in [6, 6.07) is -0.280. The lowest BCUT2D eigenvalue weighted by molar-refractivity contribution is -0.145. The summed E-state index contributed by atoms with van der Waals surface area (Å²) in [6.07, 6.45) is 4.88. The summed E-state index contributed by atoms with van der Waals surface area (Å²) in [5.41, 5.74) is -1.07. The molecule has 19 heavy (non-hydrogen) atoms. The Bertz CT molecular complexity index is 321. The summed E-state index contributed by atoms with van der Waals surface area (Å²) in [6.45, 7) is 4.69. The highest BCUT2D eigenvalue weighted by molar-refractivity contribution is 5.86. The van der Waals surface area contributed by atoms with Gasteiger partial charge in [0.05, 0.1) is 0 Å². The average molecular weight is 270 g/mol. The maximum Gasteiger partial charge on any atom is 0.329 e. The lowest BCUT2D eigenvalue weighted by Crippen LogP contribution is -2.57. The largest absolute Gasteiger partial charge is 0.480 e. The van der Waals surface area contributed by atoms with Gasteiger partial charge in [-0.15, -0.1) is 0 Å². The molecule has 0 unspecified atom stereocenters. The number of hydrogen-bond donors (Lipinski definition) is 2. The van der Waals surface area contributed by atoms with Crippen LogP contribution in [0.15, 0.2) is 0 Å². The highest BCUT2D eigenvalue weighted by Crippen LogP contribution is 2.27. The van der Waals surface area contributed by atoms with Crippen molar-refractivity contribution in [3.05, 3.63) is 0 Å². The Morgan fingerprint density at radius 1 is 1.21 bits per heavy atom. The van der Waals surface area contributed by atoms with E-state index in [0.717, 1.165) is 25.7 Å². The molecule has 5 heteroatoms. The van der Waals surface area contributed by atoms with Crippen LogP contribution in [0.4, 0.5) is 4.79 Å². The van der Waals surface area contributed by atoms with Gasteiger partial charge in [0.25, 0.3) is 0 Å². The molecule has 0 radical (unpaired) electrons. The number of urea groups is 1. The predicted molar refractivity (Wildman–Crippen MR) is 74.1 cm³/mol. The van der Waals surface area contributed by atoms with E-state index in [4.69, 9.17) is 0 Å². The van der Waals surface area contributed by atoms with Crippen molar-refractivity contribution in [2.75, 3.05) is 13.6 Å². The van der Waals surface area contributed by atoms with Crippen molar-refractivity contribution in [2.24, 2.45) is 5.92 Å². The van der Waals surface area contributed by atoms with E-state index in [1.165, 1.54) is 0 Å². The fourth-order valence-corrected chi connectivity index (χ4v) is 2.66. The van der Waals surface area contributed by atoms with Crippen molar-refractivity contribution in [1.29, 1.82) is 0 Å². The van der Waals surface area contributed by atoms with E-state index >= 15 is 0 Å². The molecule has 0 saturated heterocycles. The second-order valence-electron chi connectivity index (χ2n) is 6.01. The maximum absolute atomic E-state index is 12.1. The van der Waals surface area contributed by atoms with E-state index in [-0.39, 0.29) is 6.03 Å². The first kappa shape index (κ1) is 15.8. The summed E-state index contributed by atoms with van der Waals surface area (Å²) < 4.78 is 0. The van der Waals surface area contributed by atoms with Crippen molar-refractivity contribution in [3.8, 4) is 0 Å². The Hall–Kier alpha value is -1.26. The Kier molecular flexibility index (Phi) is 5.63. The van der Waals surface area contributed by atoms with Crippen LogP contribution < -0.4 is 5.32 Å². The zero-order valence-corrected chi connectivity index (χ0v) is 12.2. The standard InChI is InChI=1S/C14H26N2O3/c1-11(2)10-16(3)13(19)15-14(12(17)18)8-6-4-5-7-9-14/h11H,4-10H2,1-3H3,(H,15,19)(H,17,18). The number of nitrogens with zero attached hydrogens (tertiary/aromatic N) is 1. The molecule has 2 amide bonds. The second kappa shape index (κ2) is 6.78. The van der Waals surface area contributed by atoms with Gasteiger partial charge in [-0.05, 0) is 18.8 Å². The van der Waals surface area contributed by atoms with Crippen molar-refractivity contribution >= 4 is 12.0 Å². The maximum atomic E-state index is 12.1. The molecule has 0 bridgehead atoms. The highest BCUT2D eigenvalue weighted by Gasteiger charge is 2.40. The number of carbonyl (C=O) groups is 2. The minimum atomic E-state index is -1.07. The summed E-state index contributed by atoms with van der Waals surface area (Å²) in [7, 11) is 1.71. The Morgan fingerprint density at radius 2 is 1.74 bits per heavy atom. The Morgan fingerprint density at radius 3 is 2.16 bits per heavy atom. The van der Waals surface area contributed by atoms with E-state index in [9.17, 15) is 14.7 Å². The van der Waals surface area contributed by atoms with Crippen LogP contribution in [0.2, 0.25) is 0 Å². The number of nitrogens with one attached hydrogen (secondary N) is 1. The third kappa shape index (κ3) is 4.40. The van der Waals surface area contributed by atoms with E-state index < -0.39 is 11.5 Å². The molecule has 0 aromatic rings. The van der Waals surface area contributed by atoms with Crippen LogP contribution in [0.25, 0.3) is 0 Å². The van der Waals surface area contributed by atoms with Gasteiger partial charge in [0, 0.05) is 13.6 Å². The van der Waals surface area contributed by atoms with Crippen molar-refractivity contribution in [3.63, 3.8) is 0 Å². The number of carbonyl (C=O) groups excluding carboxylic acids is 1. The van der Waals surface area contributed by atoms with Crippen LogP contribution in [0.3, 0.4) is 0 Å².